The SMILES string of the molecule is CCCc1ccc(=O)n(CC(=O)N[C@@H]2C(=O)N3C(C(=O)O)=C(COC(C)=O)CS[C@H]23)c1. The molecule has 166 valence electrons. The van der Waals surface area contributed by atoms with E-state index in [-0.39, 0.29) is 30.2 Å². The van der Waals surface area contributed by atoms with Gasteiger partial charge in [-0.05, 0) is 12.0 Å². The number of hydrogen-bond acceptors (Lipinski definition) is 7. The number of pyridine rings is 1. The van der Waals surface area contributed by atoms with Crippen LogP contribution in [0, 0.1) is 0 Å². The second-order valence-electron chi connectivity index (χ2n) is 7.25. The van der Waals surface area contributed by atoms with E-state index in [0.717, 1.165) is 23.3 Å². The van der Waals surface area contributed by atoms with Crippen molar-refractivity contribution < 1.29 is 29.0 Å². The summed E-state index contributed by atoms with van der Waals surface area (Å²) in [5, 5.41) is 11.6. The number of carboxylic acid groups (broad SMARTS) is 1. The van der Waals surface area contributed by atoms with Crippen LogP contribution in [0.3, 0.4) is 0 Å². The summed E-state index contributed by atoms with van der Waals surface area (Å²) in [6, 6.07) is 2.23. The summed E-state index contributed by atoms with van der Waals surface area (Å²) < 4.78 is 6.17. The number of ether oxygens (including phenoxy) is 1. The molecule has 11 heteroatoms. The van der Waals surface area contributed by atoms with E-state index < -0.39 is 35.2 Å². The number of aromatic nitrogens is 1. The highest BCUT2D eigenvalue weighted by molar-refractivity contribution is 8.00. The molecule has 2 aliphatic rings. The summed E-state index contributed by atoms with van der Waals surface area (Å²) in [5.41, 5.74) is 0.709. The molecule has 2 amide bonds. The molecule has 10 nitrogen and oxygen atoms in total. The first kappa shape index (κ1) is 22.6. The highest BCUT2D eigenvalue weighted by atomic mass is 32.2. The number of carboxylic acids is 1. The van der Waals surface area contributed by atoms with Gasteiger partial charge in [-0.2, -0.15) is 0 Å². The molecule has 0 unspecified atom stereocenters. The van der Waals surface area contributed by atoms with Crippen LogP contribution in [-0.4, -0.2) is 62.1 Å². The lowest BCUT2D eigenvalue weighted by Gasteiger charge is -2.49. The average molecular weight is 449 g/mol. The molecule has 3 heterocycles. The van der Waals surface area contributed by atoms with Crippen molar-refractivity contribution in [3.63, 3.8) is 0 Å². The lowest BCUT2D eigenvalue weighted by atomic mass is 10.0. The molecule has 1 saturated heterocycles. The number of amides is 2. The van der Waals surface area contributed by atoms with Gasteiger partial charge in [-0.25, -0.2) is 4.79 Å². The zero-order valence-corrected chi connectivity index (χ0v) is 17.9. The van der Waals surface area contributed by atoms with Crippen LogP contribution in [0.1, 0.15) is 25.8 Å². The van der Waals surface area contributed by atoms with E-state index >= 15 is 0 Å². The Morgan fingerprint density at radius 2 is 2.03 bits per heavy atom. The third kappa shape index (κ3) is 4.82. The van der Waals surface area contributed by atoms with Crippen molar-refractivity contribution in [1.82, 2.24) is 14.8 Å². The normalized spacial score (nSPS) is 20.1. The van der Waals surface area contributed by atoms with Gasteiger partial charge in [0.2, 0.25) is 5.91 Å². The molecule has 0 aliphatic carbocycles. The minimum Gasteiger partial charge on any atom is -0.477 e. The average Bonchev–Trinajstić information content (AvgIpc) is 2.72. The number of carbonyl (C=O) groups is 4. The molecule has 1 aromatic heterocycles. The highest BCUT2D eigenvalue weighted by Gasteiger charge is 2.54. The second-order valence-corrected chi connectivity index (χ2v) is 8.35. The van der Waals surface area contributed by atoms with Gasteiger partial charge in [-0.3, -0.25) is 24.1 Å². The Balaban J connectivity index is 1.69. The summed E-state index contributed by atoms with van der Waals surface area (Å²) in [4.78, 5) is 61.0. The molecule has 1 aromatic rings. The van der Waals surface area contributed by atoms with Crippen molar-refractivity contribution in [3.8, 4) is 0 Å². The fourth-order valence-electron chi connectivity index (χ4n) is 3.50. The van der Waals surface area contributed by atoms with E-state index in [9.17, 15) is 29.1 Å². The van der Waals surface area contributed by atoms with Crippen molar-refractivity contribution in [1.29, 1.82) is 0 Å². The third-order valence-corrected chi connectivity index (χ3v) is 6.25. The van der Waals surface area contributed by atoms with Gasteiger partial charge in [0.05, 0.1) is 0 Å². The highest BCUT2D eigenvalue weighted by Crippen LogP contribution is 2.40. The fraction of sp³-hybridized carbons (Fsp3) is 0.450. The monoisotopic (exact) mass is 449 g/mol. The zero-order valence-electron chi connectivity index (χ0n) is 17.1. The van der Waals surface area contributed by atoms with Gasteiger partial charge in [0.15, 0.2) is 0 Å². The number of aliphatic carboxylic acids is 1. The molecule has 2 N–H and O–H groups in total. The first-order valence-electron chi connectivity index (χ1n) is 9.75. The van der Waals surface area contributed by atoms with Crippen molar-refractivity contribution in [2.24, 2.45) is 0 Å². The predicted molar refractivity (Wildman–Crippen MR) is 111 cm³/mol. The lowest BCUT2D eigenvalue weighted by molar-refractivity contribution is -0.151. The Bertz CT molecular complexity index is 1020. The molecule has 0 bridgehead atoms. The molecule has 0 saturated carbocycles. The summed E-state index contributed by atoms with van der Waals surface area (Å²) in [7, 11) is 0. The Hall–Kier alpha value is -3.08. The summed E-state index contributed by atoms with van der Waals surface area (Å²) in [6.07, 6.45) is 3.30. The van der Waals surface area contributed by atoms with Crippen LogP contribution in [0.4, 0.5) is 0 Å². The van der Waals surface area contributed by atoms with E-state index in [2.05, 4.69) is 5.32 Å². The Labute approximate surface area is 182 Å². The van der Waals surface area contributed by atoms with Gasteiger partial charge in [0, 0.05) is 30.5 Å². The predicted octanol–water partition coefficient (Wildman–Crippen LogP) is 0.103. The first-order chi connectivity index (χ1) is 14.7. The maximum absolute atomic E-state index is 12.6. The maximum atomic E-state index is 12.6. The maximum Gasteiger partial charge on any atom is 0.352 e. The molecule has 0 aromatic carbocycles. The number of rotatable bonds is 8. The van der Waals surface area contributed by atoms with Gasteiger partial charge < -0.3 is 19.7 Å². The molecule has 31 heavy (non-hydrogen) atoms. The number of esters is 1. The molecule has 3 rings (SSSR count). The number of β-lactam (4-membered cyclic amide) rings is 1. The van der Waals surface area contributed by atoms with Crippen molar-refractivity contribution in [2.75, 3.05) is 12.4 Å². The number of fused-ring (bicyclic) bond motifs is 1. The molecular formula is C20H23N3O7S. The molecule has 0 spiro atoms. The number of nitrogens with one attached hydrogen (secondary N) is 1. The van der Waals surface area contributed by atoms with Gasteiger partial charge >= 0.3 is 11.9 Å². The van der Waals surface area contributed by atoms with Crippen molar-refractivity contribution in [3.05, 3.63) is 45.5 Å². The van der Waals surface area contributed by atoms with Gasteiger partial charge in [0.1, 0.15) is 30.3 Å². The van der Waals surface area contributed by atoms with E-state index in [1.54, 1.807) is 12.3 Å². The van der Waals surface area contributed by atoms with E-state index in [1.807, 2.05) is 6.92 Å². The first-order valence-corrected chi connectivity index (χ1v) is 10.8. The number of carbonyl (C=O) groups excluding carboxylic acids is 3. The van der Waals surface area contributed by atoms with Crippen molar-refractivity contribution in [2.45, 2.75) is 44.6 Å². The van der Waals surface area contributed by atoms with Crippen LogP contribution >= 0.6 is 11.8 Å². The molecule has 2 aliphatic heterocycles. The Kier molecular flexibility index (Phi) is 6.84. The van der Waals surface area contributed by atoms with E-state index in [0.29, 0.717) is 5.57 Å². The van der Waals surface area contributed by atoms with Crippen LogP contribution in [0.2, 0.25) is 0 Å². The summed E-state index contributed by atoms with van der Waals surface area (Å²) >= 11 is 1.28. The summed E-state index contributed by atoms with van der Waals surface area (Å²) in [6.45, 7) is 2.77. The standard InChI is InChI=1S/C20H23N3O7S/c1-3-4-12-5-6-15(26)22(7-12)8-14(25)21-16-18(27)23-17(20(28)29)13(9-30-11(2)24)10-31-19(16)23/h5-7,16,19H,3-4,8-10H2,1-2H3,(H,21,25)(H,28,29)/t16-,19-/m1/s1. The largest absolute Gasteiger partial charge is 0.477 e. The van der Waals surface area contributed by atoms with Crippen LogP contribution in [0.5, 0.6) is 0 Å². The van der Waals surface area contributed by atoms with Crippen LogP contribution in [0.15, 0.2) is 34.4 Å². The molecule has 2 atom stereocenters. The number of aryl methyl sites for hydroxylation is 1. The van der Waals surface area contributed by atoms with Crippen molar-refractivity contribution >= 4 is 35.5 Å². The van der Waals surface area contributed by atoms with Gasteiger partial charge in [0.25, 0.3) is 11.5 Å². The minimum atomic E-state index is -1.30. The van der Waals surface area contributed by atoms with Gasteiger partial charge in [-0.15, -0.1) is 11.8 Å². The Morgan fingerprint density at radius 3 is 2.68 bits per heavy atom. The zero-order chi connectivity index (χ0) is 22.7. The molecule has 1 fully saturated rings. The van der Waals surface area contributed by atoms with E-state index in [4.69, 9.17) is 4.74 Å². The second kappa shape index (κ2) is 9.38. The topological polar surface area (TPSA) is 135 Å². The quantitative estimate of drug-likeness (QED) is 0.422. The van der Waals surface area contributed by atoms with Gasteiger partial charge in [-0.1, -0.05) is 19.4 Å². The summed E-state index contributed by atoms with van der Waals surface area (Å²) in [5.74, 6) is -2.68. The van der Waals surface area contributed by atoms with Crippen LogP contribution in [-0.2, 0) is 36.9 Å². The molecule has 0 radical (unpaired) electrons. The van der Waals surface area contributed by atoms with Crippen LogP contribution < -0.4 is 10.9 Å². The smallest absolute Gasteiger partial charge is 0.352 e. The molecular weight excluding hydrogens is 426 g/mol. The Morgan fingerprint density at radius 1 is 1.29 bits per heavy atom. The van der Waals surface area contributed by atoms with E-state index in [1.165, 1.54) is 29.3 Å². The minimum absolute atomic E-state index is 0.214. The third-order valence-electron chi connectivity index (χ3n) is 4.91. The lowest BCUT2D eigenvalue weighted by Crippen LogP contribution is -2.70. The number of hydrogen-bond donors (Lipinski definition) is 2. The number of thioether (sulfide) groups is 1. The van der Waals surface area contributed by atoms with Crippen LogP contribution in [0.25, 0.3) is 0 Å². The fourth-order valence-corrected chi connectivity index (χ4v) is 4.83. The number of nitrogens with zero attached hydrogens (tertiary/aromatic N) is 2.